The smallest absolute Gasteiger partial charge is 0.251 e. The highest BCUT2D eigenvalue weighted by Gasteiger charge is 2.08. The molecule has 0 atom stereocenters. The first-order chi connectivity index (χ1) is 9.08. The molecule has 0 aromatic heterocycles. The van der Waals surface area contributed by atoms with Crippen LogP contribution in [0.4, 0.5) is 4.39 Å². The fourth-order valence-electron chi connectivity index (χ4n) is 1.78. The van der Waals surface area contributed by atoms with E-state index in [0.29, 0.717) is 16.6 Å². The Morgan fingerprint density at radius 3 is 2.63 bits per heavy atom. The molecule has 0 radical (unpaired) electrons. The van der Waals surface area contributed by atoms with E-state index in [-0.39, 0.29) is 11.7 Å². The lowest BCUT2D eigenvalue weighted by Gasteiger charge is -2.17. The lowest BCUT2D eigenvalue weighted by Crippen LogP contribution is -2.29. The summed E-state index contributed by atoms with van der Waals surface area (Å²) in [5, 5.41) is 2.84. The summed E-state index contributed by atoms with van der Waals surface area (Å²) in [4.78, 5) is 14.1. The summed E-state index contributed by atoms with van der Waals surface area (Å²) in [6, 6.07) is 4.27. The number of benzene rings is 1. The topological polar surface area (TPSA) is 32.3 Å². The van der Waals surface area contributed by atoms with Crippen LogP contribution in [0, 0.1) is 5.82 Å². The highest BCUT2D eigenvalue weighted by Crippen LogP contribution is 2.16. The van der Waals surface area contributed by atoms with E-state index < -0.39 is 0 Å². The van der Waals surface area contributed by atoms with Gasteiger partial charge in [-0.25, -0.2) is 4.39 Å². The molecule has 1 rings (SSSR count). The fraction of sp³-hybridized carbons (Fsp3) is 0.500. The fourth-order valence-corrected chi connectivity index (χ4v) is 2.16. The van der Waals surface area contributed by atoms with Crippen LogP contribution < -0.4 is 5.32 Å². The first kappa shape index (κ1) is 16.1. The molecule has 0 aliphatic heterocycles. The molecule has 106 valence electrons. The van der Waals surface area contributed by atoms with Gasteiger partial charge < -0.3 is 10.2 Å². The summed E-state index contributed by atoms with van der Waals surface area (Å²) >= 11 is 3.07. The van der Waals surface area contributed by atoms with Gasteiger partial charge in [-0.2, -0.15) is 0 Å². The molecule has 0 bridgehead atoms. The second kappa shape index (κ2) is 8.27. The molecule has 0 saturated heterocycles. The maximum absolute atomic E-state index is 13.1. The van der Waals surface area contributed by atoms with Crippen molar-refractivity contribution in [2.75, 3.05) is 26.2 Å². The highest BCUT2D eigenvalue weighted by molar-refractivity contribution is 9.10. The molecular weight excluding hydrogens is 311 g/mol. The standard InChI is InChI=1S/C14H20BrFN2O/c1-3-18(4-2)9-5-8-17-14(19)11-6-7-13(16)12(15)10-11/h6-7,10H,3-5,8-9H2,1-2H3,(H,17,19). The van der Waals surface area contributed by atoms with Crippen molar-refractivity contribution in [1.82, 2.24) is 10.2 Å². The van der Waals surface area contributed by atoms with Gasteiger partial charge in [0.1, 0.15) is 5.82 Å². The molecule has 0 unspecified atom stereocenters. The van der Waals surface area contributed by atoms with E-state index in [2.05, 4.69) is 40.0 Å². The maximum atomic E-state index is 13.1. The van der Waals surface area contributed by atoms with Crippen molar-refractivity contribution >= 4 is 21.8 Å². The normalized spacial score (nSPS) is 10.8. The Hall–Kier alpha value is -0.940. The number of carbonyl (C=O) groups excluding carboxylic acids is 1. The van der Waals surface area contributed by atoms with Crippen LogP contribution in [0.3, 0.4) is 0 Å². The minimum absolute atomic E-state index is 0.166. The van der Waals surface area contributed by atoms with Gasteiger partial charge in [-0.05, 0) is 60.2 Å². The number of halogens is 2. The average Bonchev–Trinajstić information content (AvgIpc) is 2.42. The van der Waals surface area contributed by atoms with Crippen LogP contribution in [0.5, 0.6) is 0 Å². The van der Waals surface area contributed by atoms with Crippen molar-refractivity contribution < 1.29 is 9.18 Å². The minimum atomic E-state index is -0.363. The number of nitrogens with zero attached hydrogens (tertiary/aromatic N) is 1. The van der Waals surface area contributed by atoms with E-state index in [1.807, 2.05) is 0 Å². The molecule has 0 aliphatic carbocycles. The summed E-state index contributed by atoms with van der Waals surface area (Å²) in [5.74, 6) is -0.529. The van der Waals surface area contributed by atoms with Crippen LogP contribution in [0.15, 0.2) is 22.7 Å². The first-order valence-electron chi connectivity index (χ1n) is 6.54. The second-order valence-electron chi connectivity index (χ2n) is 4.27. The van der Waals surface area contributed by atoms with E-state index in [1.165, 1.54) is 18.2 Å². The average molecular weight is 331 g/mol. The van der Waals surface area contributed by atoms with Crippen LogP contribution in [-0.4, -0.2) is 37.0 Å². The van der Waals surface area contributed by atoms with Crippen molar-refractivity contribution in [1.29, 1.82) is 0 Å². The van der Waals surface area contributed by atoms with Crippen molar-refractivity contribution in [3.8, 4) is 0 Å². The van der Waals surface area contributed by atoms with Crippen LogP contribution in [0.1, 0.15) is 30.6 Å². The molecule has 1 aromatic carbocycles. The van der Waals surface area contributed by atoms with Crippen molar-refractivity contribution in [2.24, 2.45) is 0 Å². The highest BCUT2D eigenvalue weighted by atomic mass is 79.9. The van der Waals surface area contributed by atoms with Gasteiger partial charge in [-0.15, -0.1) is 0 Å². The van der Waals surface area contributed by atoms with Gasteiger partial charge in [0, 0.05) is 12.1 Å². The minimum Gasteiger partial charge on any atom is -0.352 e. The van der Waals surface area contributed by atoms with Gasteiger partial charge in [0.05, 0.1) is 4.47 Å². The molecule has 0 saturated carbocycles. The predicted molar refractivity (Wildman–Crippen MR) is 78.8 cm³/mol. The molecule has 1 aromatic rings. The molecule has 0 heterocycles. The maximum Gasteiger partial charge on any atom is 0.251 e. The third-order valence-corrected chi connectivity index (χ3v) is 3.62. The Morgan fingerprint density at radius 2 is 2.05 bits per heavy atom. The van der Waals surface area contributed by atoms with Crippen LogP contribution in [-0.2, 0) is 0 Å². The number of rotatable bonds is 7. The summed E-state index contributed by atoms with van der Waals surface area (Å²) in [7, 11) is 0. The quantitative estimate of drug-likeness (QED) is 0.779. The molecule has 0 fully saturated rings. The van der Waals surface area contributed by atoms with Gasteiger partial charge in [0.2, 0.25) is 0 Å². The summed E-state index contributed by atoms with van der Waals surface area (Å²) < 4.78 is 13.4. The van der Waals surface area contributed by atoms with E-state index in [1.54, 1.807) is 0 Å². The van der Waals surface area contributed by atoms with Crippen LogP contribution >= 0.6 is 15.9 Å². The lowest BCUT2D eigenvalue weighted by atomic mass is 10.2. The monoisotopic (exact) mass is 330 g/mol. The van der Waals surface area contributed by atoms with Gasteiger partial charge in [-0.1, -0.05) is 13.8 Å². The molecule has 1 N–H and O–H groups in total. The van der Waals surface area contributed by atoms with Gasteiger partial charge in [0.15, 0.2) is 0 Å². The zero-order valence-electron chi connectivity index (χ0n) is 11.4. The molecule has 1 amide bonds. The number of hydrogen-bond donors (Lipinski definition) is 1. The van der Waals surface area contributed by atoms with Crippen LogP contribution in [0.25, 0.3) is 0 Å². The third-order valence-electron chi connectivity index (χ3n) is 3.01. The zero-order chi connectivity index (χ0) is 14.3. The summed E-state index contributed by atoms with van der Waals surface area (Å²) in [5.41, 5.74) is 0.469. The largest absolute Gasteiger partial charge is 0.352 e. The molecule has 3 nitrogen and oxygen atoms in total. The van der Waals surface area contributed by atoms with E-state index in [4.69, 9.17) is 0 Å². The summed E-state index contributed by atoms with van der Waals surface area (Å²) in [6.07, 6.45) is 0.912. The van der Waals surface area contributed by atoms with E-state index in [0.717, 1.165) is 26.1 Å². The van der Waals surface area contributed by atoms with Crippen molar-refractivity contribution in [3.63, 3.8) is 0 Å². The Kier molecular flexibility index (Phi) is 7.02. The van der Waals surface area contributed by atoms with E-state index >= 15 is 0 Å². The number of hydrogen-bond acceptors (Lipinski definition) is 2. The second-order valence-corrected chi connectivity index (χ2v) is 5.12. The Bertz CT molecular complexity index is 422. The molecular formula is C14H20BrFN2O. The van der Waals surface area contributed by atoms with Gasteiger partial charge in [0.25, 0.3) is 5.91 Å². The lowest BCUT2D eigenvalue weighted by molar-refractivity contribution is 0.0951. The predicted octanol–water partition coefficient (Wildman–Crippen LogP) is 3.05. The zero-order valence-corrected chi connectivity index (χ0v) is 13.0. The SMILES string of the molecule is CCN(CC)CCCNC(=O)c1ccc(F)c(Br)c1. The summed E-state index contributed by atoms with van der Waals surface area (Å²) in [6.45, 7) is 7.89. The Labute approximate surface area is 122 Å². The number of carbonyl (C=O) groups is 1. The Morgan fingerprint density at radius 1 is 1.37 bits per heavy atom. The van der Waals surface area contributed by atoms with Crippen LogP contribution in [0.2, 0.25) is 0 Å². The van der Waals surface area contributed by atoms with Crippen molar-refractivity contribution in [3.05, 3.63) is 34.1 Å². The molecule has 5 heteroatoms. The van der Waals surface area contributed by atoms with Crippen molar-refractivity contribution in [2.45, 2.75) is 20.3 Å². The Balaban J connectivity index is 2.37. The third kappa shape index (κ3) is 5.28. The van der Waals surface area contributed by atoms with Gasteiger partial charge >= 0.3 is 0 Å². The number of nitrogens with one attached hydrogen (secondary N) is 1. The number of amides is 1. The molecule has 19 heavy (non-hydrogen) atoms. The van der Waals surface area contributed by atoms with Gasteiger partial charge in [-0.3, -0.25) is 4.79 Å². The first-order valence-corrected chi connectivity index (χ1v) is 7.33. The molecule has 0 aliphatic rings. The molecule has 0 spiro atoms. The van der Waals surface area contributed by atoms with E-state index in [9.17, 15) is 9.18 Å².